The minimum absolute atomic E-state index is 0.00271. The molecule has 0 radical (unpaired) electrons. The van der Waals surface area contributed by atoms with Crippen molar-refractivity contribution in [1.82, 2.24) is 0 Å². The van der Waals surface area contributed by atoms with Crippen molar-refractivity contribution >= 4 is 40.5 Å². The number of nitro groups is 1. The molecule has 0 saturated carbocycles. The first kappa shape index (κ1) is 20.8. The lowest BCUT2D eigenvalue weighted by Crippen LogP contribution is -2.29. The van der Waals surface area contributed by atoms with Gasteiger partial charge in [0.1, 0.15) is 5.75 Å². The predicted octanol–water partition coefficient (Wildman–Crippen LogP) is 2.62. The van der Waals surface area contributed by atoms with Crippen LogP contribution in [-0.4, -0.2) is 36.3 Å². The number of aryl methyl sites for hydroxylation is 1. The highest BCUT2D eigenvalue weighted by molar-refractivity contribution is 6.43. The highest BCUT2D eigenvalue weighted by Gasteiger charge is 2.25. The quantitative estimate of drug-likeness (QED) is 0.441. The fraction of sp³-hybridized carbons (Fsp3) is 0.250. The lowest BCUT2D eigenvalue weighted by Gasteiger charge is -2.19. The van der Waals surface area contributed by atoms with Crippen LogP contribution in [0.25, 0.3) is 0 Å². The summed E-state index contributed by atoms with van der Waals surface area (Å²) in [6.45, 7) is 2.18. The van der Waals surface area contributed by atoms with Crippen LogP contribution in [-0.2, 0) is 14.4 Å². The van der Waals surface area contributed by atoms with E-state index in [0.717, 1.165) is 6.42 Å². The maximum absolute atomic E-state index is 12.3. The third kappa shape index (κ3) is 4.37. The number of rotatable bonds is 5. The summed E-state index contributed by atoms with van der Waals surface area (Å²) in [6.07, 6.45) is 1.24. The molecule has 2 aromatic rings. The van der Waals surface area contributed by atoms with E-state index < -0.39 is 16.7 Å². The van der Waals surface area contributed by atoms with Crippen molar-refractivity contribution in [3.8, 4) is 5.75 Å². The summed E-state index contributed by atoms with van der Waals surface area (Å²) >= 11 is 0. The van der Waals surface area contributed by atoms with Gasteiger partial charge in [-0.1, -0.05) is 0 Å². The van der Waals surface area contributed by atoms with Gasteiger partial charge in [-0.05, 0) is 37.1 Å². The number of nitrogens with one attached hydrogen (secondary N) is 2. The number of ether oxygens (including phenoxy) is 1. The second-order valence-electron chi connectivity index (χ2n) is 6.70. The van der Waals surface area contributed by atoms with E-state index >= 15 is 0 Å². The Morgan fingerprint density at radius 3 is 2.47 bits per heavy atom. The molecular formula is C20H20N4O6. The molecule has 1 saturated heterocycles. The Morgan fingerprint density at radius 2 is 1.87 bits per heavy atom. The van der Waals surface area contributed by atoms with Gasteiger partial charge in [-0.25, -0.2) is 0 Å². The molecule has 30 heavy (non-hydrogen) atoms. The number of anilines is 3. The molecular weight excluding hydrogens is 392 g/mol. The molecule has 0 bridgehead atoms. The fourth-order valence-corrected chi connectivity index (χ4v) is 3.15. The van der Waals surface area contributed by atoms with E-state index in [1.54, 1.807) is 24.0 Å². The predicted molar refractivity (Wildman–Crippen MR) is 110 cm³/mol. The highest BCUT2D eigenvalue weighted by Crippen LogP contribution is 2.33. The monoisotopic (exact) mass is 412 g/mol. The summed E-state index contributed by atoms with van der Waals surface area (Å²) in [5.74, 6) is -1.44. The van der Waals surface area contributed by atoms with E-state index in [0.29, 0.717) is 41.3 Å². The Balaban J connectivity index is 1.70. The first-order chi connectivity index (χ1) is 14.3. The van der Waals surface area contributed by atoms with Crippen molar-refractivity contribution in [3.63, 3.8) is 0 Å². The van der Waals surface area contributed by atoms with Crippen LogP contribution >= 0.6 is 0 Å². The average molecular weight is 412 g/mol. The zero-order valence-electron chi connectivity index (χ0n) is 16.4. The molecule has 0 unspecified atom stereocenters. The number of carbonyl (C=O) groups is 3. The van der Waals surface area contributed by atoms with Gasteiger partial charge in [0, 0.05) is 42.5 Å². The second-order valence-corrected chi connectivity index (χ2v) is 6.70. The maximum Gasteiger partial charge on any atom is 0.314 e. The van der Waals surface area contributed by atoms with Gasteiger partial charge in [-0.15, -0.1) is 0 Å². The Kier molecular flexibility index (Phi) is 5.95. The molecule has 0 atom stereocenters. The molecule has 1 fully saturated rings. The number of hydrogen-bond donors (Lipinski definition) is 2. The van der Waals surface area contributed by atoms with Crippen molar-refractivity contribution < 1.29 is 24.0 Å². The van der Waals surface area contributed by atoms with Gasteiger partial charge < -0.3 is 20.3 Å². The van der Waals surface area contributed by atoms with Crippen LogP contribution in [0.5, 0.6) is 5.75 Å². The number of hydrogen-bond acceptors (Lipinski definition) is 6. The number of amides is 3. The van der Waals surface area contributed by atoms with Crippen LogP contribution in [0.4, 0.5) is 22.7 Å². The molecule has 0 aliphatic carbocycles. The molecule has 10 heteroatoms. The van der Waals surface area contributed by atoms with Crippen molar-refractivity contribution in [1.29, 1.82) is 0 Å². The van der Waals surface area contributed by atoms with E-state index in [1.807, 2.05) is 0 Å². The minimum Gasteiger partial charge on any atom is -0.494 e. The molecule has 1 aliphatic rings. The minimum atomic E-state index is -0.926. The normalized spacial score (nSPS) is 13.1. The molecule has 156 valence electrons. The molecule has 2 N–H and O–H groups in total. The van der Waals surface area contributed by atoms with Crippen LogP contribution < -0.4 is 20.3 Å². The summed E-state index contributed by atoms with van der Waals surface area (Å²) < 4.78 is 5.33. The summed E-state index contributed by atoms with van der Waals surface area (Å²) in [6, 6.07) is 8.66. The SMILES string of the molecule is COc1cc(NC(=O)C(=O)Nc2ccc([N+](=O)[O-])cc2C)ccc1N1CCCC1=O. The van der Waals surface area contributed by atoms with Gasteiger partial charge in [0.25, 0.3) is 5.69 Å². The number of non-ortho nitro benzene ring substituents is 1. The van der Waals surface area contributed by atoms with Crippen LogP contribution in [0.3, 0.4) is 0 Å². The molecule has 1 aliphatic heterocycles. The topological polar surface area (TPSA) is 131 Å². The summed E-state index contributed by atoms with van der Waals surface area (Å²) in [7, 11) is 1.45. The van der Waals surface area contributed by atoms with Crippen LogP contribution in [0.2, 0.25) is 0 Å². The van der Waals surface area contributed by atoms with Crippen molar-refractivity contribution in [3.05, 3.63) is 52.1 Å². The molecule has 2 aromatic carbocycles. The smallest absolute Gasteiger partial charge is 0.314 e. The Bertz CT molecular complexity index is 1040. The molecule has 0 aromatic heterocycles. The zero-order chi connectivity index (χ0) is 21.8. The van der Waals surface area contributed by atoms with E-state index in [1.165, 1.54) is 31.4 Å². The van der Waals surface area contributed by atoms with E-state index in [-0.39, 0.29) is 11.6 Å². The first-order valence-electron chi connectivity index (χ1n) is 9.16. The summed E-state index contributed by atoms with van der Waals surface area (Å²) in [4.78, 5) is 48.3. The Hall–Kier alpha value is -3.95. The number of nitrogens with zero attached hydrogens (tertiary/aromatic N) is 2. The number of carbonyl (C=O) groups excluding carboxylic acids is 3. The first-order valence-corrected chi connectivity index (χ1v) is 9.16. The van der Waals surface area contributed by atoms with Gasteiger partial charge in [-0.3, -0.25) is 24.5 Å². The molecule has 10 nitrogen and oxygen atoms in total. The zero-order valence-corrected chi connectivity index (χ0v) is 16.4. The van der Waals surface area contributed by atoms with Crippen LogP contribution in [0.15, 0.2) is 36.4 Å². The Morgan fingerprint density at radius 1 is 1.13 bits per heavy atom. The highest BCUT2D eigenvalue weighted by atomic mass is 16.6. The number of nitro benzene ring substituents is 1. The van der Waals surface area contributed by atoms with Crippen LogP contribution in [0.1, 0.15) is 18.4 Å². The molecule has 3 amide bonds. The van der Waals surface area contributed by atoms with E-state index in [4.69, 9.17) is 4.74 Å². The van der Waals surface area contributed by atoms with Crippen LogP contribution in [0, 0.1) is 17.0 Å². The lowest BCUT2D eigenvalue weighted by molar-refractivity contribution is -0.384. The van der Waals surface area contributed by atoms with Gasteiger partial charge in [0.15, 0.2) is 0 Å². The molecule has 1 heterocycles. The lowest BCUT2D eigenvalue weighted by atomic mass is 10.2. The Labute approximate surface area is 172 Å². The third-order valence-corrected chi connectivity index (χ3v) is 4.68. The largest absolute Gasteiger partial charge is 0.494 e. The van der Waals surface area contributed by atoms with Gasteiger partial charge in [-0.2, -0.15) is 0 Å². The number of benzene rings is 2. The second kappa shape index (κ2) is 8.60. The van der Waals surface area contributed by atoms with Crippen molar-refractivity contribution in [2.75, 3.05) is 29.2 Å². The summed E-state index contributed by atoms with van der Waals surface area (Å²) in [5, 5.41) is 15.7. The van der Waals surface area contributed by atoms with Gasteiger partial charge in [0.2, 0.25) is 5.91 Å². The molecule has 3 rings (SSSR count). The summed E-state index contributed by atoms with van der Waals surface area (Å²) in [5.41, 5.74) is 1.55. The van der Waals surface area contributed by atoms with E-state index in [2.05, 4.69) is 10.6 Å². The van der Waals surface area contributed by atoms with Gasteiger partial charge >= 0.3 is 11.8 Å². The maximum atomic E-state index is 12.3. The fourth-order valence-electron chi connectivity index (χ4n) is 3.15. The van der Waals surface area contributed by atoms with E-state index in [9.17, 15) is 24.5 Å². The van der Waals surface area contributed by atoms with Gasteiger partial charge in [0.05, 0.1) is 17.7 Å². The van der Waals surface area contributed by atoms with Crippen molar-refractivity contribution in [2.45, 2.75) is 19.8 Å². The molecule has 0 spiro atoms. The third-order valence-electron chi connectivity index (χ3n) is 4.68. The number of methoxy groups -OCH3 is 1. The average Bonchev–Trinajstić information content (AvgIpc) is 3.14. The van der Waals surface area contributed by atoms with Crippen molar-refractivity contribution in [2.24, 2.45) is 0 Å². The standard InChI is InChI=1S/C20H20N4O6/c1-12-10-14(24(28)29)6-7-15(12)22-20(27)19(26)21-13-5-8-16(17(11-13)30-2)23-9-3-4-18(23)25/h5-8,10-11H,3-4,9H2,1-2H3,(H,21,26)(H,22,27).